The molecule has 1 saturated carbocycles. The van der Waals surface area contributed by atoms with Crippen LogP contribution in [-0.4, -0.2) is 17.5 Å². The second kappa shape index (κ2) is 6.60. The fraction of sp³-hybridized carbons (Fsp3) is 0.227. The van der Waals surface area contributed by atoms with Crippen molar-refractivity contribution < 1.29 is 22.7 Å². The van der Waals surface area contributed by atoms with Gasteiger partial charge >= 0.3 is 0 Å². The van der Waals surface area contributed by atoms with Crippen LogP contribution in [0, 0.1) is 28.8 Å². The van der Waals surface area contributed by atoms with Crippen LogP contribution in [0.1, 0.15) is 35.6 Å². The molecule has 1 aliphatic heterocycles. The van der Waals surface area contributed by atoms with Crippen LogP contribution in [0.2, 0.25) is 0 Å². The molecule has 1 unspecified atom stereocenters. The third kappa shape index (κ3) is 2.86. The second-order valence-corrected chi connectivity index (χ2v) is 7.74. The van der Waals surface area contributed by atoms with E-state index in [-0.39, 0.29) is 39.9 Å². The van der Waals surface area contributed by atoms with Crippen molar-refractivity contribution in [1.82, 2.24) is 10.3 Å². The smallest absolute Gasteiger partial charge is 0.252 e. The van der Waals surface area contributed by atoms with E-state index in [2.05, 4.69) is 10.3 Å². The Hall–Kier alpha value is -3.80. The van der Waals surface area contributed by atoms with Gasteiger partial charge in [0.05, 0.1) is 34.2 Å². The highest BCUT2D eigenvalue weighted by Crippen LogP contribution is 2.48. The number of carbonyl (C=O) groups excluding carboxylic acids is 1. The minimum absolute atomic E-state index is 0.0291. The first kappa shape index (κ1) is 19.2. The number of amides is 1. The maximum Gasteiger partial charge on any atom is 0.252 e. The second-order valence-electron chi connectivity index (χ2n) is 7.74. The fourth-order valence-electron chi connectivity index (χ4n) is 4.10. The van der Waals surface area contributed by atoms with Gasteiger partial charge in [-0.2, -0.15) is 5.26 Å². The summed E-state index contributed by atoms with van der Waals surface area (Å²) < 4.78 is 47.8. The monoisotopic (exact) mass is 425 g/mol. The summed E-state index contributed by atoms with van der Waals surface area (Å²) in [5.41, 5.74) is -1.41. The van der Waals surface area contributed by atoms with Crippen LogP contribution in [0.25, 0.3) is 10.9 Å². The quantitative estimate of drug-likeness (QED) is 0.674. The summed E-state index contributed by atoms with van der Waals surface area (Å²) in [5.74, 6) is -3.21. The summed E-state index contributed by atoms with van der Waals surface area (Å²) in [5, 5.41) is 11.5. The van der Waals surface area contributed by atoms with E-state index < -0.39 is 40.4 Å². The van der Waals surface area contributed by atoms with Crippen molar-refractivity contribution in [3.8, 4) is 11.8 Å². The molecule has 1 atom stereocenters. The summed E-state index contributed by atoms with van der Waals surface area (Å²) in [6.07, 6.45) is 0.668. The zero-order valence-corrected chi connectivity index (χ0v) is 15.9. The molecule has 9 heteroatoms. The Morgan fingerprint density at radius 3 is 2.68 bits per heavy atom. The average molecular weight is 425 g/mol. The molecule has 0 spiro atoms. The molecular weight excluding hydrogens is 411 g/mol. The van der Waals surface area contributed by atoms with Gasteiger partial charge < -0.3 is 15.0 Å². The number of rotatable bonds is 3. The third-order valence-electron chi connectivity index (χ3n) is 5.89. The molecule has 5 rings (SSSR count). The van der Waals surface area contributed by atoms with Gasteiger partial charge in [-0.05, 0) is 43.2 Å². The SMILES string of the molecule is N#Cc1cc(F)c2c(c1)OCC2NC(=O)C1(c2cc3c(F)c(F)ccc3[nH]c2=O)CC1. The maximum absolute atomic E-state index is 14.5. The van der Waals surface area contributed by atoms with E-state index in [9.17, 15) is 22.8 Å². The van der Waals surface area contributed by atoms with Crippen LogP contribution in [0.15, 0.2) is 35.1 Å². The zero-order valence-electron chi connectivity index (χ0n) is 15.9. The summed E-state index contributed by atoms with van der Waals surface area (Å²) in [6.45, 7) is -0.0309. The minimum atomic E-state index is -1.22. The predicted octanol–water partition coefficient (Wildman–Crippen LogP) is 3.10. The van der Waals surface area contributed by atoms with E-state index in [1.807, 2.05) is 6.07 Å². The molecule has 0 bridgehead atoms. The number of halogens is 3. The Morgan fingerprint density at radius 2 is 1.97 bits per heavy atom. The van der Waals surface area contributed by atoms with Crippen molar-refractivity contribution >= 4 is 16.8 Å². The molecule has 2 heterocycles. The van der Waals surface area contributed by atoms with Crippen molar-refractivity contribution in [2.24, 2.45) is 0 Å². The summed E-state index contributed by atoms with van der Waals surface area (Å²) >= 11 is 0. The number of hydrogen-bond acceptors (Lipinski definition) is 4. The van der Waals surface area contributed by atoms with Crippen LogP contribution in [0.3, 0.4) is 0 Å². The van der Waals surface area contributed by atoms with Crippen molar-refractivity contribution in [3.63, 3.8) is 0 Å². The van der Waals surface area contributed by atoms with Crippen molar-refractivity contribution in [2.75, 3.05) is 6.61 Å². The summed E-state index contributed by atoms with van der Waals surface area (Å²) in [4.78, 5) is 28.2. The van der Waals surface area contributed by atoms with Gasteiger partial charge in [0.2, 0.25) is 5.91 Å². The number of nitriles is 1. The number of ether oxygens (including phenoxy) is 1. The fourth-order valence-corrected chi connectivity index (χ4v) is 4.10. The number of benzene rings is 2. The van der Waals surface area contributed by atoms with E-state index in [4.69, 9.17) is 10.00 Å². The Kier molecular flexibility index (Phi) is 4.09. The molecule has 1 aliphatic carbocycles. The number of pyridine rings is 1. The number of fused-ring (bicyclic) bond motifs is 2. The molecule has 1 amide bonds. The Balaban J connectivity index is 1.50. The molecule has 1 aromatic heterocycles. The summed E-state index contributed by atoms with van der Waals surface area (Å²) in [6, 6.07) is 6.86. The van der Waals surface area contributed by atoms with E-state index >= 15 is 0 Å². The Bertz CT molecular complexity index is 1370. The number of nitrogens with one attached hydrogen (secondary N) is 2. The molecule has 1 fully saturated rings. The van der Waals surface area contributed by atoms with Crippen molar-refractivity contribution in [3.05, 3.63) is 74.8 Å². The minimum Gasteiger partial charge on any atom is -0.491 e. The van der Waals surface area contributed by atoms with Crippen LogP contribution in [0.5, 0.6) is 5.75 Å². The molecule has 0 radical (unpaired) electrons. The van der Waals surface area contributed by atoms with Crippen molar-refractivity contribution in [1.29, 1.82) is 5.26 Å². The summed E-state index contributed by atoms with van der Waals surface area (Å²) in [7, 11) is 0. The van der Waals surface area contributed by atoms with Crippen LogP contribution in [-0.2, 0) is 10.2 Å². The first-order valence-corrected chi connectivity index (χ1v) is 9.53. The molecule has 2 N–H and O–H groups in total. The normalized spacial score (nSPS) is 18.2. The third-order valence-corrected chi connectivity index (χ3v) is 5.89. The first-order valence-electron chi connectivity index (χ1n) is 9.53. The highest BCUT2D eigenvalue weighted by Gasteiger charge is 2.54. The van der Waals surface area contributed by atoms with Gasteiger partial charge in [0, 0.05) is 10.9 Å². The lowest BCUT2D eigenvalue weighted by atomic mass is 9.94. The molecule has 0 saturated heterocycles. The number of aromatic nitrogens is 1. The maximum atomic E-state index is 14.5. The largest absolute Gasteiger partial charge is 0.491 e. The number of H-pyrrole nitrogens is 1. The number of carbonyl (C=O) groups is 1. The molecule has 3 aromatic rings. The molecule has 2 aliphatic rings. The zero-order chi connectivity index (χ0) is 21.9. The Morgan fingerprint density at radius 1 is 1.19 bits per heavy atom. The lowest BCUT2D eigenvalue weighted by Crippen LogP contribution is -2.40. The van der Waals surface area contributed by atoms with Crippen molar-refractivity contribution in [2.45, 2.75) is 24.3 Å². The van der Waals surface area contributed by atoms with Gasteiger partial charge in [0.1, 0.15) is 18.2 Å². The molecule has 6 nitrogen and oxygen atoms in total. The van der Waals surface area contributed by atoms with E-state index in [1.54, 1.807) is 0 Å². The van der Waals surface area contributed by atoms with E-state index in [1.165, 1.54) is 18.2 Å². The van der Waals surface area contributed by atoms with Gasteiger partial charge in [0.15, 0.2) is 11.6 Å². The number of hydrogen-bond donors (Lipinski definition) is 2. The van der Waals surface area contributed by atoms with Crippen LogP contribution < -0.4 is 15.6 Å². The van der Waals surface area contributed by atoms with Gasteiger partial charge in [0.25, 0.3) is 5.56 Å². The van der Waals surface area contributed by atoms with Gasteiger partial charge in [-0.1, -0.05) is 0 Å². The van der Waals surface area contributed by atoms with Gasteiger partial charge in [-0.3, -0.25) is 9.59 Å². The Labute approximate surface area is 173 Å². The molecule has 2 aromatic carbocycles. The average Bonchev–Trinajstić information content (AvgIpc) is 3.46. The molecule has 156 valence electrons. The van der Waals surface area contributed by atoms with Gasteiger partial charge in [-0.25, -0.2) is 13.2 Å². The highest BCUT2D eigenvalue weighted by atomic mass is 19.2. The number of aromatic amines is 1. The lowest BCUT2D eigenvalue weighted by Gasteiger charge is -2.19. The molecule has 31 heavy (non-hydrogen) atoms. The predicted molar refractivity (Wildman–Crippen MR) is 103 cm³/mol. The lowest BCUT2D eigenvalue weighted by molar-refractivity contribution is -0.124. The highest BCUT2D eigenvalue weighted by molar-refractivity contribution is 5.93. The van der Waals surface area contributed by atoms with Crippen LogP contribution in [0.4, 0.5) is 13.2 Å². The first-order chi connectivity index (χ1) is 14.8. The number of nitrogens with zero attached hydrogens (tertiary/aromatic N) is 1. The van der Waals surface area contributed by atoms with Crippen LogP contribution >= 0.6 is 0 Å². The standard InChI is InChI=1S/C22H14F3N3O3/c23-13-1-2-15-11(19(13)25)7-12(20(29)27-15)22(3-4-22)21(30)28-16-9-31-17-6-10(8-26)5-14(24)18(16)17/h1-2,5-7,16H,3-4,9H2,(H,27,29)(H,28,30). The van der Waals surface area contributed by atoms with Gasteiger partial charge in [-0.15, -0.1) is 0 Å². The van der Waals surface area contributed by atoms with E-state index in [0.29, 0.717) is 12.8 Å². The van der Waals surface area contributed by atoms with E-state index in [0.717, 1.165) is 12.1 Å². The molecular formula is C22H14F3N3O3. The topological polar surface area (TPSA) is 95.0 Å².